The van der Waals surface area contributed by atoms with Crippen molar-refractivity contribution in [1.82, 2.24) is 30.4 Å². The minimum Gasteiger partial charge on any atom is -0.493 e. The fourth-order valence-electron chi connectivity index (χ4n) is 3.75. The number of ether oxygens (including phenoxy) is 2. The molecular formula is C20H15Cl2N7O3. The van der Waals surface area contributed by atoms with Crippen LogP contribution in [0.1, 0.15) is 17.2 Å². The van der Waals surface area contributed by atoms with Gasteiger partial charge in [0.25, 0.3) is 5.56 Å². The number of aromatic amines is 1. The zero-order chi connectivity index (χ0) is 22.4. The van der Waals surface area contributed by atoms with Gasteiger partial charge in [-0.1, -0.05) is 34.4 Å². The monoisotopic (exact) mass is 471 g/mol. The Morgan fingerprint density at radius 2 is 1.88 bits per heavy atom. The van der Waals surface area contributed by atoms with Crippen LogP contribution in [0.5, 0.6) is 11.5 Å². The third kappa shape index (κ3) is 3.15. The molecule has 0 spiro atoms. The Hall–Kier alpha value is -3.63. The summed E-state index contributed by atoms with van der Waals surface area (Å²) in [6, 6.07) is 9.82. The Kier molecular flexibility index (Phi) is 4.95. The second-order valence-electron chi connectivity index (χ2n) is 6.90. The second-order valence-corrected chi connectivity index (χ2v) is 7.74. The van der Waals surface area contributed by atoms with E-state index in [-0.39, 0.29) is 5.69 Å². The lowest BCUT2D eigenvalue weighted by molar-refractivity contribution is 0.355. The lowest BCUT2D eigenvalue weighted by Crippen LogP contribution is -2.29. The first kappa shape index (κ1) is 20.3. The number of nitrogens with one attached hydrogen (secondary N) is 2. The van der Waals surface area contributed by atoms with Crippen LogP contribution in [0.2, 0.25) is 10.0 Å². The SMILES string of the molecule is COc1ccc(-c2n[nH]c(=O)c3c2[C@@H](c2ccc(Cl)cc2Cl)n2nnnc2N3)cc1OC. The standard InChI is InChI=1S/C20H15Cl2N7O3/c1-31-13-6-3-9(7-14(13)32-2)16-15-17(19(30)25-24-16)23-20-26-27-28-29(20)18(15)11-5-4-10(21)8-12(11)22/h3-8,18H,1-2H3,(H,25,30)(H,23,26,28)/t18-/m1/s1. The number of hydrogen-bond acceptors (Lipinski definition) is 8. The number of rotatable bonds is 4. The van der Waals surface area contributed by atoms with Gasteiger partial charge in [0.05, 0.1) is 19.9 Å². The van der Waals surface area contributed by atoms with E-state index < -0.39 is 11.6 Å². The van der Waals surface area contributed by atoms with Crippen molar-refractivity contribution >= 4 is 34.8 Å². The van der Waals surface area contributed by atoms with E-state index in [1.165, 1.54) is 0 Å². The van der Waals surface area contributed by atoms with Gasteiger partial charge in [0.1, 0.15) is 11.7 Å². The molecule has 0 bridgehead atoms. The van der Waals surface area contributed by atoms with Crippen molar-refractivity contribution < 1.29 is 9.47 Å². The molecule has 4 aromatic rings. The van der Waals surface area contributed by atoms with Crippen LogP contribution >= 0.6 is 23.2 Å². The Labute approximate surface area is 191 Å². The van der Waals surface area contributed by atoms with Gasteiger partial charge in [-0.15, -0.1) is 0 Å². The van der Waals surface area contributed by atoms with Crippen molar-refractivity contribution in [2.75, 3.05) is 19.5 Å². The third-order valence-corrected chi connectivity index (χ3v) is 5.74. The molecule has 0 fully saturated rings. The van der Waals surface area contributed by atoms with E-state index in [0.717, 1.165) is 0 Å². The fourth-order valence-corrected chi connectivity index (χ4v) is 4.26. The van der Waals surface area contributed by atoms with Crippen molar-refractivity contribution in [2.45, 2.75) is 6.04 Å². The largest absolute Gasteiger partial charge is 0.493 e. The summed E-state index contributed by atoms with van der Waals surface area (Å²) in [6.45, 7) is 0. The van der Waals surface area contributed by atoms with Gasteiger partial charge in [0.15, 0.2) is 11.5 Å². The molecule has 1 atom stereocenters. The number of benzene rings is 2. The van der Waals surface area contributed by atoms with E-state index in [2.05, 4.69) is 31.0 Å². The van der Waals surface area contributed by atoms with Crippen LogP contribution in [0.4, 0.5) is 11.6 Å². The first-order valence-corrected chi connectivity index (χ1v) is 10.1. The van der Waals surface area contributed by atoms with E-state index in [9.17, 15) is 4.79 Å². The van der Waals surface area contributed by atoms with Crippen LogP contribution < -0.4 is 20.3 Å². The van der Waals surface area contributed by atoms with E-state index >= 15 is 0 Å². The number of anilines is 2. The number of H-pyrrole nitrogens is 1. The van der Waals surface area contributed by atoms with E-state index in [1.807, 2.05) is 6.07 Å². The number of methoxy groups -OCH3 is 2. The lowest BCUT2D eigenvalue weighted by Gasteiger charge is -2.28. The topological polar surface area (TPSA) is 120 Å². The van der Waals surface area contributed by atoms with Crippen molar-refractivity contribution in [3.8, 4) is 22.8 Å². The summed E-state index contributed by atoms with van der Waals surface area (Å²) in [4.78, 5) is 12.8. The van der Waals surface area contributed by atoms with E-state index in [0.29, 0.717) is 49.9 Å². The van der Waals surface area contributed by atoms with Gasteiger partial charge in [-0.05, 0) is 40.8 Å². The van der Waals surface area contributed by atoms with Gasteiger partial charge in [-0.3, -0.25) is 4.79 Å². The normalized spacial score (nSPS) is 14.3. The molecule has 0 unspecified atom stereocenters. The summed E-state index contributed by atoms with van der Waals surface area (Å²) >= 11 is 12.7. The van der Waals surface area contributed by atoms with Crippen molar-refractivity contribution in [1.29, 1.82) is 0 Å². The Morgan fingerprint density at radius 3 is 2.62 bits per heavy atom. The minimum atomic E-state index is -0.640. The minimum absolute atomic E-state index is 0.267. The van der Waals surface area contributed by atoms with Gasteiger partial charge < -0.3 is 14.8 Å². The van der Waals surface area contributed by atoms with Crippen LogP contribution in [-0.4, -0.2) is 44.6 Å². The Bertz CT molecular complexity index is 1400. The first-order valence-electron chi connectivity index (χ1n) is 9.36. The highest BCUT2D eigenvalue weighted by atomic mass is 35.5. The molecule has 0 saturated heterocycles. The molecule has 5 rings (SSSR count). The number of fused-ring (bicyclic) bond motifs is 2. The molecule has 162 valence electrons. The summed E-state index contributed by atoms with van der Waals surface area (Å²) in [5.74, 6) is 1.37. The van der Waals surface area contributed by atoms with E-state index in [4.69, 9.17) is 32.7 Å². The molecule has 1 aliphatic rings. The number of nitrogens with zero attached hydrogens (tertiary/aromatic N) is 5. The van der Waals surface area contributed by atoms with Crippen molar-refractivity contribution in [3.05, 3.63) is 67.9 Å². The number of hydrogen-bond donors (Lipinski definition) is 2. The molecule has 2 aromatic heterocycles. The van der Waals surface area contributed by atoms with Crippen LogP contribution in [-0.2, 0) is 0 Å². The van der Waals surface area contributed by atoms with Crippen LogP contribution in [0.3, 0.4) is 0 Å². The van der Waals surface area contributed by atoms with Gasteiger partial charge in [-0.2, -0.15) is 9.78 Å². The predicted molar refractivity (Wildman–Crippen MR) is 118 cm³/mol. The van der Waals surface area contributed by atoms with Gasteiger partial charge in [0, 0.05) is 26.7 Å². The maximum atomic E-state index is 12.8. The molecule has 1 aliphatic heterocycles. The highest BCUT2D eigenvalue weighted by Gasteiger charge is 2.35. The van der Waals surface area contributed by atoms with Crippen LogP contribution in [0.25, 0.3) is 11.3 Å². The zero-order valence-electron chi connectivity index (χ0n) is 16.8. The molecule has 0 radical (unpaired) electrons. The summed E-state index contributed by atoms with van der Waals surface area (Å²) in [7, 11) is 3.10. The summed E-state index contributed by atoms with van der Waals surface area (Å²) in [6.07, 6.45) is 0. The summed E-state index contributed by atoms with van der Waals surface area (Å²) in [5, 5.41) is 22.6. The first-order chi connectivity index (χ1) is 15.5. The van der Waals surface area contributed by atoms with Crippen molar-refractivity contribution in [2.24, 2.45) is 0 Å². The fraction of sp³-hybridized carbons (Fsp3) is 0.150. The molecule has 0 saturated carbocycles. The molecule has 0 amide bonds. The average Bonchev–Trinajstić information content (AvgIpc) is 3.27. The zero-order valence-corrected chi connectivity index (χ0v) is 18.3. The number of aromatic nitrogens is 6. The molecular weight excluding hydrogens is 457 g/mol. The molecule has 12 heteroatoms. The van der Waals surface area contributed by atoms with Crippen LogP contribution in [0.15, 0.2) is 41.2 Å². The number of tetrazole rings is 1. The molecule has 2 N–H and O–H groups in total. The number of halogens is 2. The molecule has 0 aliphatic carbocycles. The smallest absolute Gasteiger partial charge is 0.288 e. The average molecular weight is 472 g/mol. The third-order valence-electron chi connectivity index (χ3n) is 5.18. The quantitative estimate of drug-likeness (QED) is 0.408. The van der Waals surface area contributed by atoms with Gasteiger partial charge in [0.2, 0.25) is 5.95 Å². The maximum Gasteiger partial charge on any atom is 0.288 e. The molecule has 3 heterocycles. The summed E-state index contributed by atoms with van der Waals surface area (Å²) in [5.41, 5.74) is 2.22. The molecule has 2 aromatic carbocycles. The lowest BCUT2D eigenvalue weighted by atomic mass is 9.92. The highest BCUT2D eigenvalue weighted by molar-refractivity contribution is 6.35. The van der Waals surface area contributed by atoms with Crippen LogP contribution in [0, 0.1) is 0 Å². The Morgan fingerprint density at radius 1 is 1.06 bits per heavy atom. The highest BCUT2D eigenvalue weighted by Crippen LogP contribution is 2.44. The maximum absolute atomic E-state index is 12.8. The van der Waals surface area contributed by atoms with Crippen molar-refractivity contribution in [3.63, 3.8) is 0 Å². The van der Waals surface area contributed by atoms with Gasteiger partial charge >= 0.3 is 0 Å². The second kappa shape index (κ2) is 7.81. The molecule has 10 nitrogen and oxygen atoms in total. The Balaban J connectivity index is 1.81. The summed E-state index contributed by atoms with van der Waals surface area (Å²) < 4.78 is 12.3. The van der Waals surface area contributed by atoms with Gasteiger partial charge in [-0.25, -0.2) is 5.10 Å². The molecule has 32 heavy (non-hydrogen) atoms. The predicted octanol–water partition coefficient (Wildman–Crippen LogP) is 3.44. The van der Waals surface area contributed by atoms with E-state index in [1.54, 1.807) is 49.2 Å².